The van der Waals surface area contributed by atoms with Crippen LogP contribution in [0.1, 0.15) is 32.8 Å². The van der Waals surface area contributed by atoms with Gasteiger partial charge in [0, 0.05) is 23.7 Å². The lowest BCUT2D eigenvalue weighted by molar-refractivity contribution is 0.317. The molecule has 0 amide bonds. The van der Waals surface area contributed by atoms with Crippen LogP contribution in [-0.2, 0) is 6.54 Å². The van der Waals surface area contributed by atoms with Gasteiger partial charge in [-0.05, 0) is 24.6 Å². The van der Waals surface area contributed by atoms with Crippen LogP contribution in [-0.4, -0.2) is 22.8 Å². The molecule has 0 saturated carbocycles. The normalized spacial score (nSPS) is 10.9. The Hall–Kier alpha value is -2.14. The molecule has 2 rings (SSSR count). The van der Waals surface area contributed by atoms with Gasteiger partial charge in [0.25, 0.3) is 5.56 Å². The van der Waals surface area contributed by atoms with Crippen molar-refractivity contribution in [3.05, 3.63) is 46.2 Å². The van der Waals surface area contributed by atoms with Crippen LogP contribution >= 0.6 is 0 Å². The van der Waals surface area contributed by atoms with E-state index in [0.29, 0.717) is 24.8 Å². The number of aromatic nitrogens is 2. The smallest absolute Gasteiger partial charge is 0.268 e. The van der Waals surface area contributed by atoms with Crippen LogP contribution in [0, 0.1) is 0 Å². The molecule has 0 unspecified atom stereocenters. The first-order chi connectivity index (χ1) is 10.6. The van der Waals surface area contributed by atoms with Crippen molar-refractivity contribution < 1.29 is 4.74 Å². The Morgan fingerprint density at radius 2 is 2.14 bits per heavy atom. The molecule has 2 N–H and O–H groups in total. The van der Waals surface area contributed by atoms with Gasteiger partial charge >= 0.3 is 0 Å². The van der Waals surface area contributed by atoms with Gasteiger partial charge < -0.3 is 10.1 Å². The lowest BCUT2D eigenvalue weighted by Crippen LogP contribution is -2.26. The summed E-state index contributed by atoms with van der Waals surface area (Å²) in [6.07, 6.45) is 0.964. The molecule has 5 heteroatoms. The molecule has 1 aromatic heterocycles. The molecule has 1 heterocycles. The second-order valence-electron chi connectivity index (χ2n) is 5.52. The molecular weight excluding hydrogens is 278 g/mol. The molecule has 5 nitrogen and oxygen atoms in total. The zero-order valence-corrected chi connectivity index (χ0v) is 13.3. The molecule has 0 aliphatic heterocycles. The van der Waals surface area contributed by atoms with E-state index in [1.54, 1.807) is 0 Å². The SMILES string of the molecule is CCCOc1cccc(-c2cc(CNC(C)C)c(=O)[nH]n2)c1. The first-order valence-electron chi connectivity index (χ1n) is 7.65. The first kappa shape index (κ1) is 16.2. The monoisotopic (exact) mass is 301 g/mol. The molecule has 0 aliphatic carbocycles. The Bertz CT molecular complexity index is 665. The molecule has 0 aliphatic rings. The fraction of sp³-hybridized carbons (Fsp3) is 0.412. The number of benzene rings is 1. The van der Waals surface area contributed by atoms with Crippen LogP contribution in [0.5, 0.6) is 5.75 Å². The van der Waals surface area contributed by atoms with Crippen molar-refractivity contribution in [1.82, 2.24) is 15.5 Å². The predicted octanol–water partition coefficient (Wildman–Crippen LogP) is 2.72. The van der Waals surface area contributed by atoms with Gasteiger partial charge in [0.15, 0.2) is 0 Å². The maximum absolute atomic E-state index is 11.8. The Kier molecular flexibility index (Phi) is 5.72. The largest absolute Gasteiger partial charge is 0.494 e. The molecule has 0 atom stereocenters. The minimum Gasteiger partial charge on any atom is -0.494 e. The highest BCUT2D eigenvalue weighted by molar-refractivity contribution is 5.61. The van der Waals surface area contributed by atoms with E-state index >= 15 is 0 Å². The summed E-state index contributed by atoms with van der Waals surface area (Å²) in [6.45, 7) is 7.37. The standard InChI is InChI=1S/C17H23N3O2/c1-4-8-22-15-7-5-6-13(9-15)16-10-14(11-18-12(2)3)17(21)20-19-16/h5-7,9-10,12,18H,4,8,11H2,1-3H3,(H,20,21). The van der Waals surface area contributed by atoms with Gasteiger partial charge in [-0.2, -0.15) is 5.10 Å². The summed E-state index contributed by atoms with van der Waals surface area (Å²) >= 11 is 0. The van der Waals surface area contributed by atoms with Gasteiger partial charge in [-0.3, -0.25) is 4.79 Å². The van der Waals surface area contributed by atoms with Crippen LogP contribution in [0.25, 0.3) is 11.3 Å². The second kappa shape index (κ2) is 7.75. The van der Waals surface area contributed by atoms with Gasteiger partial charge in [-0.1, -0.05) is 32.9 Å². The number of H-pyrrole nitrogens is 1. The van der Waals surface area contributed by atoms with E-state index in [1.807, 2.05) is 44.2 Å². The minimum atomic E-state index is -0.157. The number of hydrogen-bond donors (Lipinski definition) is 2. The number of hydrogen-bond acceptors (Lipinski definition) is 4. The highest BCUT2D eigenvalue weighted by atomic mass is 16.5. The number of nitrogens with zero attached hydrogens (tertiary/aromatic N) is 1. The number of aromatic amines is 1. The van der Waals surface area contributed by atoms with Crippen molar-refractivity contribution in [2.45, 2.75) is 39.8 Å². The molecule has 0 spiro atoms. The van der Waals surface area contributed by atoms with E-state index in [0.717, 1.165) is 23.4 Å². The third kappa shape index (κ3) is 4.43. The summed E-state index contributed by atoms with van der Waals surface area (Å²) in [6, 6.07) is 9.90. The van der Waals surface area contributed by atoms with Crippen molar-refractivity contribution in [2.24, 2.45) is 0 Å². The van der Waals surface area contributed by atoms with Gasteiger partial charge in [-0.15, -0.1) is 0 Å². The fourth-order valence-corrected chi connectivity index (χ4v) is 2.00. The van der Waals surface area contributed by atoms with Crippen molar-refractivity contribution >= 4 is 0 Å². The molecule has 1 aromatic carbocycles. The lowest BCUT2D eigenvalue weighted by atomic mass is 10.1. The van der Waals surface area contributed by atoms with Gasteiger partial charge in [0.05, 0.1) is 12.3 Å². The third-order valence-electron chi connectivity index (χ3n) is 3.18. The van der Waals surface area contributed by atoms with Crippen LogP contribution in [0.2, 0.25) is 0 Å². The van der Waals surface area contributed by atoms with Gasteiger partial charge in [-0.25, -0.2) is 5.10 Å². The molecule has 2 aromatic rings. The molecule has 0 fully saturated rings. The average molecular weight is 301 g/mol. The molecule has 0 saturated heterocycles. The second-order valence-corrected chi connectivity index (χ2v) is 5.52. The van der Waals surface area contributed by atoms with Crippen molar-refractivity contribution in [3.63, 3.8) is 0 Å². The highest BCUT2D eigenvalue weighted by Gasteiger charge is 2.07. The van der Waals surface area contributed by atoms with E-state index in [-0.39, 0.29) is 5.56 Å². The van der Waals surface area contributed by atoms with Crippen molar-refractivity contribution in [3.8, 4) is 17.0 Å². The zero-order chi connectivity index (χ0) is 15.9. The summed E-state index contributed by atoms with van der Waals surface area (Å²) in [7, 11) is 0. The predicted molar refractivity (Wildman–Crippen MR) is 88.1 cm³/mol. The summed E-state index contributed by atoms with van der Waals surface area (Å²) < 4.78 is 5.64. The topological polar surface area (TPSA) is 67.0 Å². The third-order valence-corrected chi connectivity index (χ3v) is 3.18. The fourth-order valence-electron chi connectivity index (χ4n) is 2.00. The number of rotatable bonds is 7. The van der Waals surface area contributed by atoms with Crippen LogP contribution in [0.4, 0.5) is 0 Å². The summed E-state index contributed by atoms with van der Waals surface area (Å²) in [5.74, 6) is 0.814. The van der Waals surface area contributed by atoms with Gasteiger partial charge in [0.1, 0.15) is 5.75 Å². The zero-order valence-electron chi connectivity index (χ0n) is 13.3. The maximum Gasteiger partial charge on any atom is 0.268 e. The molecule has 118 valence electrons. The summed E-state index contributed by atoms with van der Waals surface area (Å²) in [5, 5.41) is 9.95. The maximum atomic E-state index is 11.8. The molecule has 0 radical (unpaired) electrons. The van der Waals surface area contributed by atoms with E-state index in [4.69, 9.17) is 4.74 Å². The molecule has 22 heavy (non-hydrogen) atoms. The quantitative estimate of drug-likeness (QED) is 0.825. The summed E-state index contributed by atoms with van der Waals surface area (Å²) in [5.41, 5.74) is 2.19. The van der Waals surface area contributed by atoms with Crippen molar-refractivity contribution in [1.29, 1.82) is 0 Å². The Labute approximate surface area is 130 Å². The Morgan fingerprint density at radius 1 is 1.32 bits per heavy atom. The first-order valence-corrected chi connectivity index (χ1v) is 7.65. The summed E-state index contributed by atoms with van der Waals surface area (Å²) in [4.78, 5) is 11.8. The van der Waals surface area contributed by atoms with Gasteiger partial charge in [0.2, 0.25) is 0 Å². The van der Waals surface area contributed by atoms with Crippen LogP contribution < -0.4 is 15.6 Å². The highest BCUT2D eigenvalue weighted by Crippen LogP contribution is 2.22. The number of nitrogens with one attached hydrogen (secondary N) is 2. The van der Waals surface area contributed by atoms with E-state index in [9.17, 15) is 4.79 Å². The lowest BCUT2D eigenvalue weighted by Gasteiger charge is -2.09. The van der Waals surface area contributed by atoms with Crippen molar-refractivity contribution in [2.75, 3.05) is 6.61 Å². The van der Waals surface area contributed by atoms with E-state index in [2.05, 4.69) is 22.4 Å². The molecule has 0 bridgehead atoms. The van der Waals surface area contributed by atoms with E-state index < -0.39 is 0 Å². The average Bonchev–Trinajstić information content (AvgIpc) is 2.52. The van der Waals surface area contributed by atoms with Crippen LogP contribution in [0.15, 0.2) is 35.1 Å². The molecular formula is C17H23N3O2. The minimum absolute atomic E-state index is 0.157. The van der Waals surface area contributed by atoms with Crippen LogP contribution in [0.3, 0.4) is 0 Å². The van der Waals surface area contributed by atoms with E-state index in [1.165, 1.54) is 0 Å². The number of ether oxygens (including phenoxy) is 1. The Morgan fingerprint density at radius 3 is 2.86 bits per heavy atom. The Balaban J connectivity index is 2.24.